The summed E-state index contributed by atoms with van der Waals surface area (Å²) in [6.07, 6.45) is 4.36. The van der Waals surface area contributed by atoms with Gasteiger partial charge in [-0.25, -0.2) is 9.97 Å². The molecule has 1 aliphatic heterocycles. The number of anilines is 1. The number of aliphatic hydroxyl groups is 1. The van der Waals surface area contributed by atoms with Crippen LogP contribution in [0.5, 0.6) is 0 Å². The molecule has 29 heavy (non-hydrogen) atoms. The Hall–Kier alpha value is -2.44. The van der Waals surface area contributed by atoms with Gasteiger partial charge in [-0.05, 0) is 63.4 Å². The normalized spacial score (nSPS) is 19.4. The van der Waals surface area contributed by atoms with Gasteiger partial charge in [0.05, 0.1) is 24.2 Å². The second-order valence-electron chi connectivity index (χ2n) is 7.85. The molecule has 3 aromatic rings. The maximum Gasteiger partial charge on any atom is 0.142 e. The Kier molecular flexibility index (Phi) is 5.83. The number of ether oxygens (including phenoxy) is 1. The molecule has 0 aliphatic carbocycles. The van der Waals surface area contributed by atoms with Crippen molar-refractivity contribution in [1.82, 2.24) is 14.5 Å². The molecule has 1 aromatic carbocycles. The van der Waals surface area contributed by atoms with Crippen LogP contribution in [0, 0.1) is 0 Å². The fourth-order valence-corrected chi connectivity index (χ4v) is 4.34. The zero-order valence-electron chi connectivity index (χ0n) is 17.5. The number of pyridine rings is 1. The molecule has 3 heterocycles. The molecule has 1 aliphatic rings. The fourth-order valence-electron chi connectivity index (χ4n) is 4.34. The third-order valence-electron chi connectivity index (χ3n) is 5.88. The van der Waals surface area contributed by atoms with E-state index < -0.39 is 0 Å². The number of fused-ring (bicyclic) bond motifs is 1. The molecule has 4 rings (SSSR count). The van der Waals surface area contributed by atoms with Gasteiger partial charge in [0.1, 0.15) is 11.6 Å². The van der Waals surface area contributed by atoms with Gasteiger partial charge in [-0.15, -0.1) is 0 Å². The number of aliphatic hydroxyl groups excluding tert-OH is 1. The van der Waals surface area contributed by atoms with E-state index in [1.165, 1.54) is 12.8 Å². The van der Waals surface area contributed by atoms with Gasteiger partial charge in [-0.3, -0.25) is 0 Å². The van der Waals surface area contributed by atoms with E-state index in [0.717, 1.165) is 40.3 Å². The Morgan fingerprint density at radius 3 is 2.59 bits per heavy atom. The summed E-state index contributed by atoms with van der Waals surface area (Å²) in [6.45, 7) is 8.60. The highest BCUT2D eigenvalue weighted by Crippen LogP contribution is 2.31. The van der Waals surface area contributed by atoms with Gasteiger partial charge in [-0.2, -0.15) is 0 Å². The summed E-state index contributed by atoms with van der Waals surface area (Å²) < 4.78 is 7.78. The molecule has 2 aromatic heterocycles. The van der Waals surface area contributed by atoms with E-state index in [-0.39, 0.29) is 6.61 Å². The summed E-state index contributed by atoms with van der Waals surface area (Å²) in [5, 5.41) is 9.47. The van der Waals surface area contributed by atoms with E-state index in [1.807, 2.05) is 31.3 Å². The summed E-state index contributed by atoms with van der Waals surface area (Å²) in [6, 6.07) is 11.2. The molecule has 1 N–H and O–H groups in total. The first kappa shape index (κ1) is 19.9. The van der Waals surface area contributed by atoms with Gasteiger partial charge in [0.25, 0.3) is 0 Å². The summed E-state index contributed by atoms with van der Waals surface area (Å²) in [5.41, 5.74) is 3.78. The highest BCUT2D eigenvalue weighted by Gasteiger charge is 2.28. The number of nitrogens with zero attached hydrogens (tertiary/aromatic N) is 4. The van der Waals surface area contributed by atoms with Crippen molar-refractivity contribution in [2.75, 3.05) is 18.1 Å². The zero-order chi connectivity index (χ0) is 20.4. The Morgan fingerprint density at radius 1 is 1.14 bits per heavy atom. The van der Waals surface area contributed by atoms with Gasteiger partial charge in [0.2, 0.25) is 0 Å². The van der Waals surface area contributed by atoms with Gasteiger partial charge in [0, 0.05) is 37.0 Å². The van der Waals surface area contributed by atoms with Crippen LogP contribution < -0.4 is 4.90 Å². The Labute approximate surface area is 172 Å². The van der Waals surface area contributed by atoms with Crippen molar-refractivity contribution in [3.63, 3.8) is 0 Å². The van der Waals surface area contributed by atoms with Crippen molar-refractivity contribution in [3.8, 4) is 11.4 Å². The molecule has 0 saturated carbocycles. The van der Waals surface area contributed by atoms with Crippen LogP contribution in [0.4, 0.5) is 5.82 Å². The van der Waals surface area contributed by atoms with Gasteiger partial charge < -0.3 is 19.3 Å². The first-order valence-electron chi connectivity index (χ1n) is 10.5. The van der Waals surface area contributed by atoms with Crippen molar-refractivity contribution in [2.24, 2.45) is 0 Å². The molecule has 1 saturated heterocycles. The minimum absolute atomic E-state index is 0.0134. The van der Waals surface area contributed by atoms with Crippen molar-refractivity contribution in [3.05, 3.63) is 42.1 Å². The van der Waals surface area contributed by atoms with Crippen LogP contribution in [-0.4, -0.2) is 44.9 Å². The zero-order valence-corrected chi connectivity index (χ0v) is 17.5. The monoisotopic (exact) mass is 394 g/mol. The minimum Gasteiger partial charge on any atom is -0.392 e. The number of benzene rings is 1. The van der Waals surface area contributed by atoms with E-state index >= 15 is 0 Å². The number of rotatable bonds is 7. The Balaban J connectivity index is 1.71. The largest absolute Gasteiger partial charge is 0.392 e. The molecule has 6 nitrogen and oxygen atoms in total. The summed E-state index contributed by atoms with van der Waals surface area (Å²) in [4.78, 5) is 12.1. The fraction of sp³-hybridized carbons (Fsp3) is 0.478. The molecular weight excluding hydrogens is 364 g/mol. The molecule has 2 atom stereocenters. The predicted octanol–water partition coefficient (Wildman–Crippen LogP) is 4.00. The highest BCUT2D eigenvalue weighted by atomic mass is 16.5. The lowest BCUT2D eigenvalue weighted by molar-refractivity contribution is 0.140. The average Bonchev–Trinajstić information content (AvgIpc) is 3.27. The number of imidazole rings is 1. The molecule has 0 amide bonds. The molecule has 0 unspecified atom stereocenters. The maximum absolute atomic E-state index is 9.47. The third-order valence-corrected chi connectivity index (χ3v) is 5.88. The summed E-state index contributed by atoms with van der Waals surface area (Å²) >= 11 is 0. The number of aromatic nitrogens is 3. The molecule has 0 spiro atoms. The van der Waals surface area contributed by atoms with E-state index in [9.17, 15) is 5.11 Å². The lowest BCUT2D eigenvalue weighted by Crippen LogP contribution is -2.33. The van der Waals surface area contributed by atoms with Gasteiger partial charge >= 0.3 is 0 Å². The number of hydrogen-bond donors (Lipinski definition) is 1. The van der Waals surface area contributed by atoms with Crippen LogP contribution in [0.3, 0.4) is 0 Å². The second kappa shape index (κ2) is 8.51. The SMILES string of the molecule is CCOCCn1c(-c2ccc(N3[C@@H](C)CC[C@@H]3C)nc2)nc2cc(CO)ccc21. The second-order valence-corrected chi connectivity index (χ2v) is 7.85. The molecule has 154 valence electrons. The van der Waals surface area contributed by atoms with E-state index in [1.54, 1.807) is 0 Å². The van der Waals surface area contributed by atoms with Crippen molar-refractivity contribution in [2.45, 2.75) is 58.8 Å². The Morgan fingerprint density at radius 2 is 1.93 bits per heavy atom. The average molecular weight is 395 g/mol. The van der Waals surface area contributed by atoms with E-state index in [2.05, 4.69) is 35.4 Å². The summed E-state index contributed by atoms with van der Waals surface area (Å²) in [7, 11) is 0. The first-order valence-corrected chi connectivity index (χ1v) is 10.5. The Bertz CT molecular complexity index is 957. The van der Waals surface area contributed by atoms with Crippen LogP contribution in [-0.2, 0) is 17.9 Å². The molecular formula is C23H30N4O2. The van der Waals surface area contributed by atoms with Crippen LogP contribution in [0.2, 0.25) is 0 Å². The van der Waals surface area contributed by atoms with Crippen LogP contribution in [0.15, 0.2) is 36.5 Å². The standard InChI is InChI=1S/C23H30N4O2/c1-4-29-12-11-26-21-9-7-18(15-28)13-20(21)25-23(26)19-8-10-22(24-14-19)27-16(2)5-6-17(27)3/h7-10,13-14,16-17,28H,4-6,11-12,15H2,1-3H3/t16-,17-/m0/s1. The van der Waals surface area contributed by atoms with Crippen LogP contribution in [0.25, 0.3) is 22.4 Å². The smallest absolute Gasteiger partial charge is 0.142 e. The molecule has 0 radical (unpaired) electrons. The van der Waals surface area contributed by atoms with Gasteiger partial charge in [-0.1, -0.05) is 6.07 Å². The van der Waals surface area contributed by atoms with Crippen molar-refractivity contribution in [1.29, 1.82) is 0 Å². The molecule has 6 heteroatoms. The third kappa shape index (κ3) is 3.87. The molecule has 0 bridgehead atoms. The first-order chi connectivity index (χ1) is 14.1. The maximum atomic E-state index is 9.47. The number of hydrogen-bond acceptors (Lipinski definition) is 5. The summed E-state index contributed by atoms with van der Waals surface area (Å²) in [5.74, 6) is 1.92. The lowest BCUT2D eigenvalue weighted by atomic mass is 10.2. The van der Waals surface area contributed by atoms with Crippen LogP contribution >= 0.6 is 0 Å². The van der Waals surface area contributed by atoms with Crippen molar-refractivity contribution < 1.29 is 9.84 Å². The van der Waals surface area contributed by atoms with Crippen molar-refractivity contribution >= 4 is 16.9 Å². The van der Waals surface area contributed by atoms with Gasteiger partial charge in [0.15, 0.2) is 0 Å². The molecule has 1 fully saturated rings. The van der Waals surface area contributed by atoms with E-state index in [0.29, 0.717) is 25.3 Å². The minimum atomic E-state index is 0.0134. The topological polar surface area (TPSA) is 63.4 Å². The highest BCUT2D eigenvalue weighted by molar-refractivity contribution is 5.81. The van der Waals surface area contributed by atoms with E-state index in [4.69, 9.17) is 14.7 Å². The predicted molar refractivity (Wildman–Crippen MR) is 116 cm³/mol. The quantitative estimate of drug-likeness (QED) is 0.614. The lowest BCUT2D eigenvalue weighted by Gasteiger charge is -2.27. The van der Waals surface area contributed by atoms with Crippen LogP contribution in [0.1, 0.15) is 39.2 Å².